The van der Waals surface area contributed by atoms with Crippen LogP contribution in [-0.4, -0.2) is 0 Å². The second kappa shape index (κ2) is 4.54. The Bertz CT molecular complexity index is 358. The molecule has 1 saturated carbocycles. The van der Waals surface area contributed by atoms with Gasteiger partial charge in [0.05, 0.1) is 0 Å². The molecule has 1 atom stereocenters. The van der Waals surface area contributed by atoms with Crippen LogP contribution in [0.25, 0.3) is 0 Å². The van der Waals surface area contributed by atoms with Crippen LogP contribution in [0.3, 0.4) is 0 Å². The molecule has 2 heteroatoms. The fraction of sp³-hybridized carbons (Fsp3) is 0.571. The number of hydrogen-bond donors (Lipinski definition) is 1. The minimum absolute atomic E-state index is 0.182. The highest BCUT2D eigenvalue weighted by Gasteiger charge is 2.36. The lowest BCUT2D eigenvalue weighted by molar-refractivity contribution is 0.268. The number of nitrogens with two attached hydrogens (primary N) is 1. The van der Waals surface area contributed by atoms with Crippen molar-refractivity contribution in [1.82, 2.24) is 0 Å². The van der Waals surface area contributed by atoms with Gasteiger partial charge in [0.2, 0.25) is 0 Å². The van der Waals surface area contributed by atoms with Crippen LogP contribution < -0.4 is 5.73 Å². The maximum atomic E-state index is 13.3. The molecule has 0 amide bonds. The number of halogens is 1. The van der Waals surface area contributed by atoms with Gasteiger partial charge in [0.1, 0.15) is 5.82 Å². The summed E-state index contributed by atoms with van der Waals surface area (Å²) in [5.41, 5.74) is 7.15. The van der Waals surface area contributed by atoms with Gasteiger partial charge in [-0.2, -0.15) is 0 Å². The van der Waals surface area contributed by atoms with E-state index in [1.807, 2.05) is 6.07 Å². The second-order valence-corrected chi connectivity index (χ2v) is 4.89. The molecule has 1 aromatic carbocycles. The Kier molecular flexibility index (Phi) is 3.29. The van der Waals surface area contributed by atoms with Gasteiger partial charge >= 0.3 is 0 Å². The first-order valence-corrected chi connectivity index (χ1v) is 6.21. The van der Waals surface area contributed by atoms with Gasteiger partial charge in [-0.3, -0.25) is 0 Å². The highest BCUT2D eigenvalue weighted by molar-refractivity contribution is 5.26. The average molecular weight is 221 g/mol. The highest BCUT2D eigenvalue weighted by Crippen LogP contribution is 2.40. The molecule has 88 valence electrons. The summed E-state index contributed by atoms with van der Waals surface area (Å²) in [6, 6.07) is 6.80. The minimum atomic E-state index is -0.335. The zero-order valence-electron chi connectivity index (χ0n) is 9.88. The van der Waals surface area contributed by atoms with Gasteiger partial charge in [0.25, 0.3) is 0 Å². The van der Waals surface area contributed by atoms with Gasteiger partial charge in [-0.1, -0.05) is 31.9 Å². The number of rotatable bonds is 3. The van der Waals surface area contributed by atoms with Crippen molar-refractivity contribution in [2.24, 2.45) is 11.7 Å². The summed E-state index contributed by atoms with van der Waals surface area (Å²) in [7, 11) is 0. The van der Waals surface area contributed by atoms with Crippen LogP contribution in [0.15, 0.2) is 24.3 Å². The Morgan fingerprint density at radius 2 is 2.06 bits per heavy atom. The summed E-state index contributed by atoms with van der Waals surface area (Å²) < 4.78 is 13.3. The molecule has 1 unspecified atom stereocenters. The molecule has 0 aliphatic heterocycles. The second-order valence-electron chi connectivity index (χ2n) is 4.89. The van der Waals surface area contributed by atoms with Crippen LogP contribution in [0.5, 0.6) is 0 Å². The molecule has 1 aliphatic carbocycles. The molecule has 1 aliphatic rings. The third-order valence-corrected chi connectivity index (χ3v) is 4.03. The van der Waals surface area contributed by atoms with E-state index in [9.17, 15) is 4.39 Å². The summed E-state index contributed by atoms with van der Waals surface area (Å²) in [5.74, 6) is 0.332. The smallest absolute Gasteiger partial charge is 0.123 e. The highest BCUT2D eigenvalue weighted by atomic mass is 19.1. The molecule has 0 spiro atoms. The van der Waals surface area contributed by atoms with Crippen LogP contribution in [0, 0.1) is 11.7 Å². The van der Waals surface area contributed by atoms with Crippen LogP contribution in [0.4, 0.5) is 4.39 Å². The van der Waals surface area contributed by atoms with Gasteiger partial charge in [-0.25, -0.2) is 4.39 Å². The maximum absolute atomic E-state index is 13.3. The van der Waals surface area contributed by atoms with Crippen molar-refractivity contribution in [2.75, 3.05) is 0 Å². The van der Waals surface area contributed by atoms with Gasteiger partial charge < -0.3 is 5.73 Å². The predicted molar refractivity (Wildman–Crippen MR) is 64.5 cm³/mol. The standard InChI is InChI=1S/C14H20FN/c1-2-14(16,11-6-3-4-7-11)12-8-5-9-13(15)10-12/h5,8-11H,2-4,6-7,16H2,1H3. The summed E-state index contributed by atoms with van der Waals surface area (Å²) in [5, 5.41) is 0. The largest absolute Gasteiger partial charge is 0.321 e. The van der Waals surface area contributed by atoms with E-state index >= 15 is 0 Å². The van der Waals surface area contributed by atoms with Gasteiger partial charge in [0.15, 0.2) is 0 Å². The van der Waals surface area contributed by atoms with Crippen molar-refractivity contribution in [1.29, 1.82) is 0 Å². The SMILES string of the molecule is CCC(N)(c1cccc(F)c1)C1CCCC1. The van der Waals surface area contributed by atoms with E-state index < -0.39 is 0 Å². The third kappa shape index (κ3) is 1.99. The molecule has 0 radical (unpaired) electrons. The molecule has 1 fully saturated rings. The molecular weight excluding hydrogens is 201 g/mol. The van der Waals surface area contributed by atoms with E-state index in [0.717, 1.165) is 12.0 Å². The molecule has 1 nitrogen and oxygen atoms in total. The Morgan fingerprint density at radius 3 is 2.62 bits per heavy atom. The molecule has 2 rings (SSSR count). The zero-order chi connectivity index (χ0) is 11.6. The average Bonchev–Trinajstić information content (AvgIpc) is 2.82. The van der Waals surface area contributed by atoms with Crippen molar-refractivity contribution in [3.63, 3.8) is 0 Å². The van der Waals surface area contributed by atoms with E-state index in [2.05, 4.69) is 6.92 Å². The van der Waals surface area contributed by atoms with E-state index in [1.54, 1.807) is 12.1 Å². The van der Waals surface area contributed by atoms with Crippen LogP contribution in [0.1, 0.15) is 44.6 Å². The van der Waals surface area contributed by atoms with Gasteiger partial charge in [-0.15, -0.1) is 0 Å². The zero-order valence-corrected chi connectivity index (χ0v) is 9.88. The fourth-order valence-electron chi connectivity index (χ4n) is 2.95. The fourth-order valence-corrected chi connectivity index (χ4v) is 2.95. The van der Waals surface area contributed by atoms with E-state index in [1.165, 1.54) is 31.7 Å². The Labute approximate surface area is 96.9 Å². The summed E-state index contributed by atoms with van der Waals surface area (Å²) in [6.07, 6.45) is 5.76. The van der Waals surface area contributed by atoms with E-state index in [0.29, 0.717) is 5.92 Å². The summed E-state index contributed by atoms with van der Waals surface area (Å²) in [6.45, 7) is 2.10. The summed E-state index contributed by atoms with van der Waals surface area (Å²) in [4.78, 5) is 0. The normalized spacial score (nSPS) is 20.9. The molecule has 1 aromatic rings. The lowest BCUT2D eigenvalue weighted by Crippen LogP contribution is -2.42. The monoisotopic (exact) mass is 221 g/mol. The van der Waals surface area contributed by atoms with Crippen molar-refractivity contribution in [3.05, 3.63) is 35.6 Å². The van der Waals surface area contributed by atoms with E-state index in [-0.39, 0.29) is 11.4 Å². The molecule has 0 heterocycles. The van der Waals surface area contributed by atoms with E-state index in [4.69, 9.17) is 5.73 Å². The first-order chi connectivity index (χ1) is 7.66. The number of hydrogen-bond acceptors (Lipinski definition) is 1. The van der Waals surface area contributed by atoms with Crippen LogP contribution >= 0.6 is 0 Å². The third-order valence-electron chi connectivity index (χ3n) is 4.03. The van der Waals surface area contributed by atoms with Gasteiger partial charge in [0, 0.05) is 5.54 Å². The van der Waals surface area contributed by atoms with Gasteiger partial charge in [-0.05, 0) is 42.9 Å². The van der Waals surface area contributed by atoms with Crippen molar-refractivity contribution in [2.45, 2.75) is 44.6 Å². The first kappa shape index (κ1) is 11.6. The quantitative estimate of drug-likeness (QED) is 0.829. The lowest BCUT2D eigenvalue weighted by Gasteiger charge is -2.35. The topological polar surface area (TPSA) is 26.0 Å². The maximum Gasteiger partial charge on any atom is 0.123 e. The van der Waals surface area contributed by atoms with Crippen LogP contribution in [-0.2, 0) is 5.54 Å². The lowest BCUT2D eigenvalue weighted by atomic mass is 9.76. The molecule has 0 aromatic heterocycles. The van der Waals surface area contributed by atoms with Crippen molar-refractivity contribution >= 4 is 0 Å². The molecule has 0 saturated heterocycles. The summed E-state index contributed by atoms with van der Waals surface area (Å²) >= 11 is 0. The van der Waals surface area contributed by atoms with Crippen molar-refractivity contribution < 1.29 is 4.39 Å². The number of benzene rings is 1. The molecule has 16 heavy (non-hydrogen) atoms. The predicted octanol–water partition coefficient (Wildman–Crippen LogP) is 3.58. The Morgan fingerprint density at radius 1 is 1.38 bits per heavy atom. The molecular formula is C14H20FN. The minimum Gasteiger partial charge on any atom is -0.321 e. The Balaban J connectivity index is 2.32. The molecule has 2 N–H and O–H groups in total. The Hall–Kier alpha value is -0.890. The van der Waals surface area contributed by atoms with Crippen LogP contribution in [0.2, 0.25) is 0 Å². The molecule has 0 bridgehead atoms. The first-order valence-electron chi connectivity index (χ1n) is 6.21. The van der Waals surface area contributed by atoms with Crippen molar-refractivity contribution in [3.8, 4) is 0 Å².